The molecule has 0 radical (unpaired) electrons. The zero-order chi connectivity index (χ0) is 55.3. The number of carbonyl (C=O) groups excluding carboxylic acids is 5. The molecular formula is C63H75N11O5S. The maximum absolute atomic E-state index is 14.4. The van der Waals surface area contributed by atoms with Crippen molar-refractivity contribution in [2.75, 3.05) is 35.2 Å². The van der Waals surface area contributed by atoms with Crippen molar-refractivity contribution in [3.05, 3.63) is 113 Å². The number of aromatic nitrogens is 4. The number of fused-ring (bicyclic) bond motifs is 3. The minimum absolute atomic E-state index is 0.0294. The number of aliphatic imine (C=N–C) groups is 1. The van der Waals surface area contributed by atoms with Crippen molar-refractivity contribution < 1.29 is 24.0 Å². The number of imide groups is 1. The number of anilines is 3. The molecule has 5 fully saturated rings. The summed E-state index contributed by atoms with van der Waals surface area (Å²) >= 11 is 1.46. The Morgan fingerprint density at radius 2 is 1.56 bits per heavy atom. The van der Waals surface area contributed by atoms with Gasteiger partial charge in [0.15, 0.2) is 5.13 Å². The van der Waals surface area contributed by atoms with Crippen molar-refractivity contribution in [3.8, 4) is 0 Å². The number of piperidine rings is 1. The van der Waals surface area contributed by atoms with E-state index in [0.29, 0.717) is 71.6 Å². The summed E-state index contributed by atoms with van der Waals surface area (Å²) in [6.45, 7) is 4.47. The Balaban J connectivity index is 0.665. The van der Waals surface area contributed by atoms with Crippen molar-refractivity contribution in [3.63, 3.8) is 0 Å². The van der Waals surface area contributed by atoms with E-state index >= 15 is 0 Å². The lowest BCUT2D eigenvalue weighted by Gasteiger charge is -2.56. The Kier molecular flexibility index (Phi) is 16.6. The average Bonchev–Trinajstić information content (AvgIpc) is 4.10. The van der Waals surface area contributed by atoms with Gasteiger partial charge >= 0.3 is 0 Å². The highest BCUT2D eigenvalue weighted by atomic mass is 32.1. The lowest BCUT2D eigenvalue weighted by molar-refractivity contribution is -0.134. The van der Waals surface area contributed by atoms with E-state index in [9.17, 15) is 24.0 Å². The Bertz CT molecular complexity index is 3330. The molecule has 1 saturated heterocycles. The molecule has 80 heavy (non-hydrogen) atoms. The smallest absolute Gasteiger partial charge is 0.270 e. The first-order chi connectivity index (χ1) is 38.9. The Morgan fingerprint density at radius 3 is 2.30 bits per heavy atom. The molecule has 4 bridgehead atoms. The number of nitrogens with two attached hydrogens (primary N) is 1. The number of hydrogen-bond donors (Lipinski definition) is 5. The zero-order valence-corrected chi connectivity index (χ0v) is 47.1. The summed E-state index contributed by atoms with van der Waals surface area (Å²) in [5.74, 6) is 1.64. The van der Waals surface area contributed by atoms with Crippen LogP contribution in [0, 0.1) is 23.2 Å². The van der Waals surface area contributed by atoms with Crippen LogP contribution in [0.4, 0.5) is 16.6 Å². The van der Waals surface area contributed by atoms with Gasteiger partial charge in [-0.1, -0.05) is 80.5 Å². The molecule has 2 aliphatic heterocycles. The monoisotopic (exact) mass is 1100 g/mol. The predicted octanol–water partition coefficient (Wildman–Crippen LogP) is 11.2. The molecule has 4 saturated carbocycles. The van der Waals surface area contributed by atoms with Crippen LogP contribution in [0.5, 0.6) is 0 Å². The van der Waals surface area contributed by atoms with Crippen molar-refractivity contribution in [1.82, 2.24) is 30.4 Å². The minimum Gasteiger partial charge on any atom is -0.404 e. The van der Waals surface area contributed by atoms with Gasteiger partial charge < -0.3 is 21.3 Å². The molecule has 5 amide bonds. The second-order valence-electron chi connectivity index (χ2n) is 23.5. The molecule has 6 aliphatic rings. The fourth-order valence-corrected chi connectivity index (χ4v) is 14.9. The number of amides is 5. The minimum atomic E-state index is -0.478. The van der Waals surface area contributed by atoms with Gasteiger partial charge in [0.2, 0.25) is 17.7 Å². The topological polar surface area (TPSA) is 219 Å². The molecule has 418 valence electrons. The number of benzene rings is 3. The number of hydrogen-bond acceptors (Lipinski definition) is 12. The fraction of sp³-hybridized carbons (Fsp3) is 0.476. The molecular weight excluding hydrogens is 1020 g/mol. The van der Waals surface area contributed by atoms with E-state index < -0.39 is 5.92 Å². The highest BCUT2D eigenvalue weighted by molar-refractivity contribution is 7.22. The summed E-state index contributed by atoms with van der Waals surface area (Å²) in [7, 11) is 1.82. The summed E-state index contributed by atoms with van der Waals surface area (Å²) in [5.41, 5.74) is 14.9. The van der Waals surface area contributed by atoms with E-state index in [1.54, 1.807) is 10.9 Å². The predicted molar refractivity (Wildman–Crippen MR) is 317 cm³/mol. The van der Waals surface area contributed by atoms with Crippen LogP contribution >= 0.6 is 11.3 Å². The lowest BCUT2D eigenvalue weighted by atomic mass is 9.49. The van der Waals surface area contributed by atoms with Crippen molar-refractivity contribution in [1.29, 1.82) is 0 Å². The van der Waals surface area contributed by atoms with E-state index in [1.165, 1.54) is 49.9 Å². The first-order valence-corrected chi connectivity index (χ1v) is 30.1. The number of nitrogens with one attached hydrogen (secondary N) is 4. The molecule has 17 heteroatoms. The molecule has 4 aliphatic carbocycles. The first kappa shape index (κ1) is 54.7. The lowest BCUT2D eigenvalue weighted by Crippen LogP contribution is -2.47. The Morgan fingerprint density at radius 1 is 0.825 bits per heavy atom. The van der Waals surface area contributed by atoms with E-state index in [1.807, 2.05) is 80.7 Å². The Hall–Kier alpha value is -7.27. The molecule has 1 unspecified atom stereocenters. The highest BCUT2D eigenvalue weighted by Crippen LogP contribution is 2.60. The van der Waals surface area contributed by atoms with Crippen LogP contribution in [0.25, 0.3) is 26.7 Å². The number of thiazole rings is 1. The van der Waals surface area contributed by atoms with E-state index in [4.69, 9.17) is 15.7 Å². The van der Waals surface area contributed by atoms with Gasteiger partial charge in [0.25, 0.3) is 11.8 Å². The molecule has 0 spiro atoms. The molecule has 3 aromatic heterocycles. The zero-order valence-electron chi connectivity index (χ0n) is 46.3. The SMILES string of the molecule is CC(=NCC12CC3CC(CC(C3)C1)C2)C(=CN)c1ccc(N2CCc3cccc(C(=O)Nc4nc5ccccc5s4)c3C2)nc1C(=O)NCCCCCCCCCCCC(=O)Nc1ccc2c(C3CCC(=O)NC3=O)nn(C)c2c1. The number of pyridine rings is 1. The molecule has 5 heterocycles. The number of aryl methyl sites for hydroxylation is 1. The quantitative estimate of drug-likeness (QED) is 0.0246. The van der Waals surface area contributed by atoms with Crippen LogP contribution < -0.4 is 31.9 Å². The highest BCUT2D eigenvalue weighted by Gasteiger charge is 2.50. The normalized spacial score (nSPS) is 21.7. The third-order valence-electron chi connectivity index (χ3n) is 17.7. The van der Waals surface area contributed by atoms with Crippen LogP contribution in [-0.2, 0) is 34.4 Å². The summed E-state index contributed by atoms with van der Waals surface area (Å²) in [4.78, 5) is 82.6. The maximum atomic E-state index is 14.4. The molecule has 6 N–H and O–H groups in total. The largest absolute Gasteiger partial charge is 0.404 e. The van der Waals surface area contributed by atoms with E-state index in [-0.39, 0.29) is 41.4 Å². The summed E-state index contributed by atoms with van der Waals surface area (Å²) in [6.07, 6.45) is 20.5. The number of nitrogens with zero attached hydrogens (tertiary/aromatic N) is 6. The van der Waals surface area contributed by atoms with Crippen molar-refractivity contribution >= 4 is 89.9 Å². The second-order valence-corrected chi connectivity index (χ2v) is 24.5. The molecule has 6 aromatic rings. The van der Waals surface area contributed by atoms with Crippen LogP contribution in [0.1, 0.15) is 172 Å². The Labute approximate surface area is 472 Å². The van der Waals surface area contributed by atoms with E-state index in [0.717, 1.165) is 132 Å². The van der Waals surface area contributed by atoms with Gasteiger partial charge in [0.05, 0.1) is 27.3 Å². The number of rotatable bonds is 22. The van der Waals surface area contributed by atoms with Crippen LogP contribution in [-0.4, -0.2) is 74.6 Å². The summed E-state index contributed by atoms with van der Waals surface area (Å²) in [5, 5.41) is 17.7. The van der Waals surface area contributed by atoms with Gasteiger partial charge in [-0.25, -0.2) is 9.97 Å². The number of para-hydroxylation sites is 1. The second kappa shape index (κ2) is 24.2. The van der Waals surface area contributed by atoms with Gasteiger partial charge in [-0.15, -0.1) is 0 Å². The molecule has 12 rings (SSSR count). The average molecular weight is 1100 g/mol. The van der Waals surface area contributed by atoms with Crippen LogP contribution in [0.15, 0.2) is 84.0 Å². The summed E-state index contributed by atoms with van der Waals surface area (Å²) < 4.78 is 2.73. The molecule has 3 aromatic carbocycles. The van der Waals surface area contributed by atoms with Crippen LogP contribution in [0.3, 0.4) is 0 Å². The fourth-order valence-electron chi connectivity index (χ4n) is 14.1. The van der Waals surface area contributed by atoms with Gasteiger partial charge in [-0.3, -0.25) is 44.3 Å². The standard InChI is InChI=1S/C63H75N11O5S/c1-39(66-38-63-33-40-29-41(34-63)31-42(30-40)35-63)49(36-64)45-22-24-54(74-28-26-43-15-14-16-46(50(43)37-74)59(77)71-62-68-51-17-11-12-18-53(51)80-62)69-58(45)61(79)65-27-13-9-7-5-3-4-6-8-10-19-55(75)67-44-20-21-47-52(32-44)73(2)72-57(47)48-23-25-56(76)70-60(48)78/h11-12,14-18,20-22,24,32,36,40-42,48H,3-10,13,19,23,25-31,33-35,37-38,64H2,1-2H3,(H,65,79)(H,67,75)(H,68,71,77)(H,70,76,78). The van der Waals surface area contributed by atoms with Crippen LogP contribution in [0.2, 0.25) is 0 Å². The number of unbranched alkanes of at least 4 members (excludes halogenated alkanes) is 8. The van der Waals surface area contributed by atoms with Crippen molar-refractivity contribution in [2.24, 2.45) is 40.9 Å². The van der Waals surface area contributed by atoms with Crippen molar-refractivity contribution in [2.45, 2.75) is 141 Å². The number of allylic oxidation sites excluding steroid dienone is 1. The third kappa shape index (κ3) is 12.2. The summed E-state index contributed by atoms with van der Waals surface area (Å²) in [6, 6.07) is 23.3. The maximum Gasteiger partial charge on any atom is 0.270 e. The molecule has 16 nitrogen and oxygen atoms in total. The third-order valence-corrected chi connectivity index (χ3v) is 18.7. The van der Waals surface area contributed by atoms with Gasteiger partial charge in [-0.05, 0) is 154 Å². The molecule has 1 atom stereocenters. The van der Waals surface area contributed by atoms with Gasteiger partial charge in [0.1, 0.15) is 11.5 Å². The number of carbonyl (C=O) groups is 5. The van der Waals surface area contributed by atoms with Gasteiger partial charge in [-0.2, -0.15) is 5.10 Å². The first-order valence-electron chi connectivity index (χ1n) is 29.2. The van der Waals surface area contributed by atoms with Gasteiger partial charge in [0, 0.05) is 85.8 Å². The van der Waals surface area contributed by atoms with E-state index in [2.05, 4.69) is 42.3 Å².